The third kappa shape index (κ3) is 3.24. The minimum atomic E-state index is -0.248. The molecule has 0 aromatic carbocycles. The minimum Gasteiger partial charge on any atom is -0.459 e. The van der Waals surface area contributed by atoms with Gasteiger partial charge < -0.3 is 4.74 Å². The zero-order chi connectivity index (χ0) is 15.5. The van der Waals surface area contributed by atoms with Crippen LogP contribution in [-0.2, 0) is 16.1 Å². The third-order valence-electron chi connectivity index (χ3n) is 3.78. The highest BCUT2D eigenvalue weighted by atomic mass is 16.5. The van der Waals surface area contributed by atoms with Crippen molar-refractivity contribution in [3.8, 4) is 0 Å². The molecule has 0 spiro atoms. The zero-order valence-corrected chi connectivity index (χ0v) is 12.5. The second-order valence-corrected chi connectivity index (χ2v) is 5.65. The molecule has 0 saturated heterocycles. The van der Waals surface area contributed by atoms with Gasteiger partial charge in [-0.25, -0.2) is 4.98 Å². The van der Waals surface area contributed by atoms with Gasteiger partial charge in [-0.2, -0.15) is 0 Å². The maximum Gasteiger partial charge on any atom is 0.306 e. The highest BCUT2D eigenvalue weighted by Gasteiger charge is 2.15. The highest BCUT2D eigenvalue weighted by Crippen LogP contribution is 2.20. The fourth-order valence-electron chi connectivity index (χ4n) is 2.62. The minimum absolute atomic E-state index is 0.0366. The predicted octanol–water partition coefficient (Wildman–Crippen LogP) is 2.40. The maximum absolute atomic E-state index is 12.0. The van der Waals surface area contributed by atoms with Gasteiger partial charge in [0, 0.05) is 12.3 Å². The van der Waals surface area contributed by atoms with Gasteiger partial charge >= 0.3 is 5.97 Å². The molecule has 1 aliphatic rings. The van der Waals surface area contributed by atoms with Crippen molar-refractivity contribution in [2.45, 2.75) is 32.8 Å². The maximum atomic E-state index is 12.0. The Bertz CT molecular complexity index is 792. The summed E-state index contributed by atoms with van der Waals surface area (Å²) in [5.74, 6) is 0.0353. The lowest BCUT2D eigenvalue weighted by Gasteiger charge is -2.08. The van der Waals surface area contributed by atoms with Crippen LogP contribution in [0, 0.1) is 12.8 Å². The van der Waals surface area contributed by atoms with Crippen molar-refractivity contribution >= 4 is 11.6 Å². The Hall–Kier alpha value is -2.43. The fourth-order valence-corrected chi connectivity index (χ4v) is 2.62. The summed E-state index contributed by atoms with van der Waals surface area (Å²) in [6.07, 6.45) is 8.32. The van der Waals surface area contributed by atoms with Crippen LogP contribution in [-0.4, -0.2) is 15.4 Å². The van der Waals surface area contributed by atoms with Crippen molar-refractivity contribution in [3.05, 3.63) is 58.2 Å². The number of rotatable bonds is 4. The van der Waals surface area contributed by atoms with Gasteiger partial charge in [0.25, 0.3) is 5.56 Å². The monoisotopic (exact) mass is 298 g/mol. The molecule has 0 unspecified atom stereocenters. The number of ether oxygens (including phenoxy) is 1. The first kappa shape index (κ1) is 14.5. The molecule has 1 atom stereocenters. The van der Waals surface area contributed by atoms with E-state index in [1.54, 1.807) is 12.3 Å². The molecule has 0 fully saturated rings. The summed E-state index contributed by atoms with van der Waals surface area (Å²) in [4.78, 5) is 28.2. The molecule has 22 heavy (non-hydrogen) atoms. The van der Waals surface area contributed by atoms with E-state index in [1.807, 2.05) is 13.0 Å². The Morgan fingerprint density at radius 2 is 2.32 bits per heavy atom. The van der Waals surface area contributed by atoms with E-state index >= 15 is 0 Å². The van der Waals surface area contributed by atoms with E-state index in [4.69, 9.17) is 4.74 Å². The zero-order valence-electron chi connectivity index (χ0n) is 12.5. The Kier molecular flexibility index (Phi) is 4.04. The first-order chi connectivity index (χ1) is 10.6. The van der Waals surface area contributed by atoms with E-state index in [0.717, 1.165) is 18.4 Å². The van der Waals surface area contributed by atoms with Crippen LogP contribution in [0.25, 0.3) is 5.65 Å². The van der Waals surface area contributed by atoms with E-state index in [0.29, 0.717) is 17.8 Å². The molecule has 0 N–H and O–H groups in total. The van der Waals surface area contributed by atoms with E-state index in [2.05, 4.69) is 17.1 Å². The predicted molar refractivity (Wildman–Crippen MR) is 82.5 cm³/mol. The number of pyridine rings is 1. The highest BCUT2D eigenvalue weighted by molar-refractivity contribution is 5.70. The molecule has 0 radical (unpaired) electrons. The number of hydrogen-bond donors (Lipinski definition) is 0. The Balaban J connectivity index is 1.68. The summed E-state index contributed by atoms with van der Waals surface area (Å²) < 4.78 is 6.72. The van der Waals surface area contributed by atoms with Crippen molar-refractivity contribution in [2.24, 2.45) is 5.92 Å². The number of carbonyl (C=O) groups is 1. The molecule has 0 aliphatic heterocycles. The van der Waals surface area contributed by atoms with Gasteiger partial charge in [0.15, 0.2) is 0 Å². The fraction of sp³-hybridized carbons (Fsp3) is 0.353. The van der Waals surface area contributed by atoms with Gasteiger partial charge in [-0.1, -0.05) is 18.2 Å². The van der Waals surface area contributed by atoms with Gasteiger partial charge in [0.05, 0.1) is 12.1 Å². The molecule has 114 valence electrons. The first-order valence-corrected chi connectivity index (χ1v) is 7.43. The largest absolute Gasteiger partial charge is 0.459 e. The van der Waals surface area contributed by atoms with Crippen molar-refractivity contribution in [1.29, 1.82) is 0 Å². The van der Waals surface area contributed by atoms with Crippen LogP contribution in [0.5, 0.6) is 0 Å². The lowest BCUT2D eigenvalue weighted by Crippen LogP contribution is -2.17. The van der Waals surface area contributed by atoms with Crippen molar-refractivity contribution in [1.82, 2.24) is 9.38 Å². The summed E-state index contributed by atoms with van der Waals surface area (Å²) >= 11 is 0. The van der Waals surface area contributed by atoms with Crippen molar-refractivity contribution in [2.75, 3.05) is 0 Å². The third-order valence-corrected chi connectivity index (χ3v) is 3.78. The van der Waals surface area contributed by atoms with Crippen LogP contribution in [0.4, 0.5) is 0 Å². The van der Waals surface area contributed by atoms with Crippen LogP contribution in [0.2, 0.25) is 0 Å². The van der Waals surface area contributed by atoms with Gasteiger partial charge in [-0.15, -0.1) is 0 Å². The number of nitrogens with zero attached hydrogens (tertiary/aromatic N) is 2. The summed E-state index contributed by atoms with van der Waals surface area (Å²) in [5, 5.41) is 0. The lowest BCUT2D eigenvalue weighted by molar-refractivity contribution is -0.145. The molecule has 2 aromatic rings. The van der Waals surface area contributed by atoms with E-state index in [-0.39, 0.29) is 24.1 Å². The number of esters is 1. The van der Waals surface area contributed by atoms with Crippen molar-refractivity contribution < 1.29 is 9.53 Å². The standard InChI is InChI=1S/C17H18N2O3/c1-12-6-7-15-18-14(9-16(20)19(15)10-12)11-22-17(21)8-13-4-2-3-5-13/h2,4,6-7,9-10,13H,3,5,8,11H2,1H3/t13-/m0/s1. The molecule has 1 aliphatic carbocycles. The number of hydrogen-bond acceptors (Lipinski definition) is 4. The Labute approximate surface area is 128 Å². The molecule has 0 bridgehead atoms. The topological polar surface area (TPSA) is 60.7 Å². The van der Waals surface area contributed by atoms with Crippen LogP contribution in [0.1, 0.15) is 30.5 Å². The molecule has 2 aromatic heterocycles. The second kappa shape index (κ2) is 6.13. The average Bonchev–Trinajstić information content (AvgIpc) is 2.99. The van der Waals surface area contributed by atoms with Crippen LogP contribution < -0.4 is 5.56 Å². The normalized spacial score (nSPS) is 17.0. The van der Waals surface area contributed by atoms with Gasteiger partial charge in [0.2, 0.25) is 0 Å². The molecule has 3 rings (SSSR count). The Morgan fingerprint density at radius 3 is 3.09 bits per heavy atom. The van der Waals surface area contributed by atoms with E-state index in [9.17, 15) is 9.59 Å². The van der Waals surface area contributed by atoms with E-state index in [1.165, 1.54) is 10.5 Å². The van der Waals surface area contributed by atoms with Crippen molar-refractivity contribution in [3.63, 3.8) is 0 Å². The molecule has 5 nitrogen and oxygen atoms in total. The molecule has 0 saturated carbocycles. The second-order valence-electron chi connectivity index (χ2n) is 5.65. The molecule has 2 heterocycles. The Morgan fingerprint density at radius 1 is 1.45 bits per heavy atom. The van der Waals surface area contributed by atoms with Crippen LogP contribution in [0.3, 0.4) is 0 Å². The van der Waals surface area contributed by atoms with Gasteiger partial charge in [-0.05, 0) is 37.3 Å². The van der Waals surface area contributed by atoms with Gasteiger partial charge in [0.1, 0.15) is 12.3 Å². The number of allylic oxidation sites excluding steroid dienone is 2. The number of aromatic nitrogens is 2. The number of carbonyl (C=O) groups excluding carboxylic acids is 1. The summed E-state index contributed by atoms with van der Waals surface area (Å²) in [5.41, 5.74) is 1.85. The number of aryl methyl sites for hydroxylation is 1. The smallest absolute Gasteiger partial charge is 0.306 e. The molecule has 0 amide bonds. The van der Waals surface area contributed by atoms with E-state index < -0.39 is 0 Å². The molecular weight excluding hydrogens is 280 g/mol. The number of fused-ring (bicyclic) bond motifs is 1. The first-order valence-electron chi connectivity index (χ1n) is 7.43. The quantitative estimate of drug-likeness (QED) is 0.642. The summed E-state index contributed by atoms with van der Waals surface area (Å²) in [6, 6.07) is 5.09. The lowest BCUT2D eigenvalue weighted by atomic mass is 10.1. The molecule has 5 heteroatoms. The summed E-state index contributed by atoms with van der Waals surface area (Å²) in [7, 11) is 0. The summed E-state index contributed by atoms with van der Waals surface area (Å²) in [6.45, 7) is 1.95. The SMILES string of the molecule is Cc1ccc2nc(COC(=O)C[C@H]3C=CCC3)cc(=O)n2c1. The average molecular weight is 298 g/mol. The van der Waals surface area contributed by atoms with Gasteiger partial charge in [-0.3, -0.25) is 14.0 Å². The van der Waals surface area contributed by atoms with Crippen LogP contribution >= 0.6 is 0 Å². The molecular formula is C17H18N2O3. The van der Waals surface area contributed by atoms with Crippen LogP contribution in [0.15, 0.2) is 41.3 Å².